The Morgan fingerprint density at radius 2 is 1.60 bits per heavy atom. The fraction of sp³-hybridized carbons (Fsp3) is 0.483. The van der Waals surface area contributed by atoms with Gasteiger partial charge in [0.25, 0.3) is 29.2 Å². The van der Waals surface area contributed by atoms with Gasteiger partial charge in [-0.05, 0) is 23.8 Å². The van der Waals surface area contributed by atoms with Crippen molar-refractivity contribution in [1.29, 1.82) is 0 Å². The van der Waals surface area contributed by atoms with Gasteiger partial charge in [0.15, 0.2) is 0 Å². The number of hydrogen-bond acceptors (Lipinski definition) is 11. The fourth-order valence-electron chi connectivity index (χ4n) is 4.83. The van der Waals surface area contributed by atoms with E-state index in [0.717, 1.165) is 18.7 Å². The highest BCUT2D eigenvalue weighted by Crippen LogP contribution is 2.42. The fourth-order valence-corrected chi connectivity index (χ4v) is 4.83. The van der Waals surface area contributed by atoms with Crippen LogP contribution in [0, 0.1) is 5.82 Å². The second kappa shape index (κ2) is 13.4. The van der Waals surface area contributed by atoms with E-state index in [1.807, 2.05) is 27.7 Å². The Labute approximate surface area is 248 Å². The van der Waals surface area contributed by atoms with E-state index in [9.17, 15) is 44.3 Å². The number of rotatable bonds is 6. The Hall–Kier alpha value is -3.50. The van der Waals surface area contributed by atoms with Crippen LogP contribution in [0.2, 0.25) is 0 Å². The molecular formula is C29H38FN3O10. The number of hydrogen-bond donors (Lipinski definition) is 6. The van der Waals surface area contributed by atoms with Crippen molar-refractivity contribution in [2.45, 2.75) is 64.7 Å². The van der Waals surface area contributed by atoms with Gasteiger partial charge in [0.2, 0.25) is 0 Å². The zero-order valence-electron chi connectivity index (χ0n) is 24.5. The molecule has 0 aliphatic carbocycles. The van der Waals surface area contributed by atoms with Gasteiger partial charge in [-0.1, -0.05) is 45.9 Å². The molecule has 0 spiro atoms. The lowest BCUT2D eigenvalue weighted by molar-refractivity contribution is -0.407. The standard InChI is InChI=1S/C25H26FN3O10.2C2H6/c26-18-10-14(11-28-6-8-38-9-7-28)4-5-15(18)13-39-19-3-1-2-16-17(19)12-29(20(16)30)23(33)21(31)27-22(32)24(34,35)25(23,36)37;2*1-2/h1-5,10,33-37H,6-9,11-13H2,(H,27,31,32);2*1-2H3. The maximum atomic E-state index is 14.8. The zero-order chi connectivity index (χ0) is 32.2. The van der Waals surface area contributed by atoms with Crippen LogP contribution in [0.1, 0.15) is 54.7 Å². The van der Waals surface area contributed by atoms with Gasteiger partial charge >= 0.3 is 5.79 Å². The minimum Gasteiger partial charge on any atom is -0.488 e. The van der Waals surface area contributed by atoms with E-state index < -0.39 is 47.4 Å². The highest BCUT2D eigenvalue weighted by atomic mass is 19.1. The number of halogens is 1. The number of carbonyl (C=O) groups excluding carboxylic acids is 3. The van der Waals surface area contributed by atoms with Gasteiger partial charge in [-0.2, -0.15) is 0 Å². The summed E-state index contributed by atoms with van der Waals surface area (Å²) in [4.78, 5) is 39.8. The van der Waals surface area contributed by atoms with E-state index in [4.69, 9.17) is 9.47 Å². The van der Waals surface area contributed by atoms with Crippen molar-refractivity contribution in [2.75, 3.05) is 26.3 Å². The highest BCUT2D eigenvalue weighted by molar-refractivity contribution is 6.10. The summed E-state index contributed by atoms with van der Waals surface area (Å²) in [6.45, 7) is 10.4. The summed E-state index contributed by atoms with van der Waals surface area (Å²) >= 11 is 0. The largest absolute Gasteiger partial charge is 0.488 e. The van der Waals surface area contributed by atoms with Crippen LogP contribution in [-0.4, -0.2) is 96.7 Å². The van der Waals surface area contributed by atoms with Crippen LogP contribution in [-0.2, 0) is 34.0 Å². The maximum Gasteiger partial charge on any atom is 0.306 e. The topological polar surface area (TPSA) is 189 Å². The summed E-state index contributed by atoms with van der Waals surface area (Å²) in [5, 5.41) is 52.9. The van der Waals surface area contributed by atoms with Crippen LogP contribution in [0.25, 0.3) is 0 Å². The maximum absolute atomic E-state index is 14.8. The van der Waals surface area contributed by atoms with Crippen molar-refractivity contribution in [1.82, 2.24) is 15.1 Å². The van der Waals surface area contributed by atoms with Crippen LogP contribution < -0.4 is 10.1 Å². The monoisotopic (exact) mass is 607 g/mol. The van der Waals surface area contributed by atoms with Crippen molar-refractivity contribution in [2.24, 2.45) is 0 Å². The Kier molecular flexibility index (Phi) is 10.6. The average Bonchev–Trinajstić information content (AvgIpc) is 3.35. The minimum atomic E-state index is -4.20. The quantitative estimate of drug-likeness (QED) is 0.191. The third-order valence-electron chi connectivity index (χ3n) is 7.16. The normalized spacial score (nSPS) is 22.5. The molecule has 6 N–H and O–H groups in total. The minimum absolute atomic E-state index is 0.0665. The molecule has 0 aromatic heterocycles. The van der Waals surface area contributed by atoms with Crippen LogP contribution in [0.15, 0.2) is 36.4 Å². The highest BCUT2D eigenvalue weighted by Gasteiger charge is 2.76. The molecule has 43 heavy (non-hydrogen) atoms. The molecule has 3 aliphatic rings. The Bertz CT molecular complexity index is 1350. The summed E-state index contributed by atoms with van der Waals surface area (Å²) in [5.74, 6) is -13.5. The molecule has 2 aromatic rings. The number of nitrogens with one attached hydrogen (secondary N) is 1. The SMILES string of the molecule is CC.CC.O=C1c2cccc(OCc3ccc(CN4CCOCC4)cc3F)c2CN1C1(O)C(=O)NC(=O)C(O)(O)C1(O)O. The second-order valence-corrected chi connectivity index (χ2v) is 9.58. The van der Waals surface area contributed by atoms with Crippen LogP contribution in [0.3, 0.4) is 0 Å². The van der Waals surface area contributed by atoms with Crippen molar-refractivity contribution < 1.29 is 53.8 Å². The van der Waals surface area contributed by atoms with Gasteiger partial charge in [0.05, 0.1) is 19.8 Å². The molecule has 1 atom stereocenters. The van der Waals surface area contributed by atoms with Gasteiger partial charge in [0.1, 0.15) is 18.2 Å². The van der Waals surface area contributed by atoms with Crippen LogP contribution in [0.4, 0.5) is 4.39 Å². The number of aliphatic hydroxyl groups is 5. The molecule has 3 amide bonds. The van der Waals surface area contributed by atoms with Gasteiger partial charge in [-0.15, -0.1) is 0 Å². The van der Waals surface area contributed by atoms with Gasteiger partial charge < -0.3 is 35.0 Å². The molecule has 13 nitrogen and oxygen atoms in total. The van der Waals surface area contributed by atoms with E-state index in [0.29, 0.717) is 19.8 Å². The molecule has 2 aromatic carbocycles. The first-order valence-electron chi connectivity index (χ1n) is 14.0. The number of amides is 3. The number of ether oxygens (including phenoxy) is 2. The number of morpholine rings is 1. The van der Waals surface area contributed by atoms with E-state index in [1.54, 1.807) is 12.1 Å². The molecule has 0 radical (unpaired) electrons. The van der Waals surface area contributed by atoms with E-state index in [-0.39, 0.29) is 33.9 Å². The Balaban J connectivity index is 0.00000121. The van der Waals surface area contributed by atoms with Gasteiger partial charge in [-0.25, -0.2) is 4.39 Å². The Morgan fingerprint density at radius 3 is 2.23 bits per heavy atom. The Morgan fingerprint density at radius 1 is 0.953 bits per heavy atom. The lowest BCUT2D eigenvalue weighted by atomic mass is 9.86. The third-order valence-corrected chi connectivity index (χ3v) is 7.16. The van der Waals surface area contributed by atoms with E-state index >= 15 is 0 Å². The first-order valence-corrected chi connectivity index (χ1v) is 14.0. The molecule has 5 rings (SSSR count). The summed E-state index contributed by atoms with van der Waals surface area (Å²) in [6.07, 6.45) is 0. The molecule has 1 unspecified atom stereocenters. The molecule has 236 valence electrons. The molecule has 14 heteroatoms. The molecule has 2 fully saturated rings. The smallest absolute Gasteiger partial charge is 0.306 e. The van der Waals surface area contributed by atoms with Crippen LogP contribution >= 0.6 is 0 Å². The molecule has 3 aliphatic heterocycles. The zero-order valence-corrected chi connectivity index (χ0v) is 24.5. The summed E-state index contributed by atoms with van der Waals surface area (Å²) in [5.41, 5.74) is -2.69. The first kappa shape index (κ1) is 34.0. The van der Waals surface area contributed by atoms with E-state index in [2.05, 4.69) is 4.90 Å². The number of carbonyl (C=O) groups is 3. The number of fused-ring (bicyclic) bond motifs is 1. The predicted molar refractivity (Wildman–Crippen MR) is 148 cm³/mol. The molecule has 0 bridgehead atoms. The molecule has 3 heterocycles. The number of benzene rings is 2. The summed E-state index contributed by atoms with van der Waals surface area (Å²) in [6, 6.07) is 8.93. The molecular weight excluding hydrogens is 569 g/mol. The number of nitrogens with zero attached hydrogens (tertiary/aromatic N) is 2. The lowest BCUT2D eigenvalue weighted by Crippen LogP contribution is -2.85. The average molecular weight is 608 g/mol. The summed E-state index contributed by atoms with van der Waals surface area (Å²) in [7, 11) is 0. The van der Waals surface area contributed by atoms with Gasteiger partial charge in [-0.3, -0.25) is 29.5 Å². The second-order valence-electron chi connectivity index (χ2n) is 9.58. The number of piperidine rings is 1. The molecule has 2 saturated heterocycles. The molecule has 0 saturated carbocycles. The first-order chi connectivity index (χ1) is 20.4. The summed E-state index contributed by atoms with van der Waals surface area (Å²) < 4.78 is 25.9. The van der Waals surface area contributed by atoms with Crippen molar-refractivity contribution in [3.8, 4) is 5.75 Å². The van der Waals surface area contributed by atoms with Crippen molar-refractivity contribution >= 4 is 17.7 Å². The van der Waals surface area contributed by atoms with Gasteiger partial charge in [0, 0.05) is 36.3 Å². The van der Waals surface area contributed by atoms with Crippen molar-refractivity contribution in [3.63, 3.8) is 0 Å². The predicted octanol–water partition coefficient (Wildman–Crippen LogP) is -0.0481. The van der Waals surface area contributed by atoms with Crippen molar-refractivity contribution in [3.05, 3.63) is 64.5 Å². The lowest BCUT2D eigenvalue weighted by Gasteiger charge is -2.50. The van der Waals surface area contributed by atoms with E-state index in [1.165, 1.54) is 29.6 Å². The van der Waals surface area contributed by atoms with Crippen LogP contribution in [0.5, 0.6) is 5.75 Å². The third kappa shape index (κ3) is 5.99. The number of imide groups is 1.